The quantitative estimate of drug-likeness (QED) is 0.694. The number of ether oxygens (including phenoxy) is 2. The SMILES string of the molecule is COCCOc1ccc(C(F)(F)F)cc1NC(=O)C1CCN(C(=O)C(C)(C)C)CC1. The number of amides is 2. The Kier molecular flexibility index (Phi) is 7.74. The second-order valence-electron chi connectivity index (χ2n) is 8.36. The molecule has 0 saturated carbocycles. The van der Waals surface area contributed by atoms with Crippen LogP contribution in [-0.4, -0.2) is 50.1 Å². The van der Waals surface area contributed by atoms with Crippen LogP contribution in [0.4, 0.5) is 18.9 Å². The fourth-order valence-electron chi connectivity index (χ4n) is 3.22. The van der Waals surface area contributed by atoms with Gasteiger partial charge in [0.1, 0.15) is 12.4 Å². The molecule has 0 bridgehead atoms. The lowest BCUT2D eigenvalue weighted by Crippen LogP contribution is -2.45. The minimum absolute atomic E-state index is 0.0214. The Labute approximate surface area is 174 Å². The number of rotatable bonds is 6. The van der Waals surface area contributed by atoms with Gasteiger partial charge in [-0.25, -0.2) is 0 Å². The lowest BCUT2D eigenvalue weighted by molar-refractivity contribution is -0.142. The van der Waals surface area contributed by atoms with E-state index in [1.165, 1.54) is 13.2 Å². The number of hydrogen-bond donors (Lipinski definition) is 1. The number of hydrogen-bond acceptors (Lipinski definition) is 4. The molecule has 0 unspecified atom stereocenters. The summed E-state index contributed by atoms with van der Waals surface area (Å²) < 4.78 is 49.7. The van der Waals surface area contributed by atoms with Crippen LogP contribution in [0.3, 0.4) is 0 Å². The maximum absolute atomic E-state index is 13.1. The highest BCUT2D eigenvalue weighted by Gasteiger charge is 2.34. The molecule has 2 rings (SSSR count). The Hall–Kier alpha value is -2.29. The van der Waals surface area contributed by atoms with E-state index < -0.39 is 23.1 Å². The van der Waals surface area contributed by atoms with Crippen molar-refractivity contribution in [2.45, 2.75) is 39.8 Å². The number of carbonyl (C=O) groups excluding carboxylic acids is 2. The van der Waals surface area contributed by atoms with Crippen LogP contribution in [0.5, 0.6) is 5.75 Å². The van der Waals surface area contributed by atoms with Gasteiger partial charge in [-0.2, -0.15) is 13.2 Å². The number of methoxy groups -OCH3 is 1. The summed E-state index contributed by atoms with van der Waals surface area (Å²) in [6.45, 7) is 6.79. The molecule has 1 aromatic rings. The van der Waals surface area contributed by atoms with Crippen LogP contribution < -0.4 is 10.1 Å². The lowest BCUT2D eigenvalue weighted by atomic mass is 9.90. The average molecular weight is 430 g/mol. The minimum Gasteiger partial charge on any atom is -0.489 e. The molecule has 9 heteroatoms. The van der Waals surface area contributed by atoms with Crippen LogP contribution in [-0.2, 0) is 20.5 Å². The van der Waals surface area contributed by atoms with Gasteiger partial charge in [-0.1, -0.05) is 20.8 Å². The highest BCUT2D eigenvalue weighted by molar-refractivity contribution is 5.94. The fourth-order valence-corrected chi connectivity index (χ4v) is 3.22. The Balaban J connectivity index is 2.08. The van der Waals surface area contributed by atoms with Crippen molar-refractivity contribution in [1.82, 2.24) is 4.90 Å². The van der Waals surface area contributed by atoms with Gasteiger partial charge in [0.25, 0.3) is 0 Å². The van der Waals surface area contributed by atoms with Crippen molar-refractivity contribution in [1.29, 1.82) is 0 Å². The molecule has 1 aliphatic heterocycles. The van der Waals surface area contributed by atoms with Crippen LogP contribution in [0.25, 0.3) is 0 Å². The summed E-state index contributed by atoms with van der Waals surface area (Å²) in [7, 11) is 1.48. The van der Waals surface area contributed by atoms with Gasteiger partial charge in [-0.15, -0.1) is 0 Å². The van der Waals surface area contributed by atoms with Crippen LogP contribution in [0, 0.1) is 11.3 Å². The Morgan fingerprint density at radius 1 is 1.13 bits per heavy atom. The molecule has 1 heterocycles. The number of benzene rings is 1. The van der Waals surface area contributed by atoms with Gasteiger partial charge in [-0.05, 0) is 31.0 Å². The summed E-state index contributed by atoms with van der Waals surface area (Å²) in [5, 5.41) is 2.59. The Bertz CT molecular complexity index is 752. The van der Waals surface area contributed by atoms with Crippen LogP contribution in [0.15, 0.2) is 18.2 Å². The van der Waals surface area contributed by atoms with Gasteiger partial charge in [0, 0.05) is 31.5 Å². The van der Waals surface area contributed by atoms with E-state index in [4.69, 9.17) is 9.47 Å². The second-order valence-corrected chi connectivity index (χ2v) is 8.36. The topological polar surface area (TPSA) is 67.9 Å². The first-order chi connectivity index (χ1) is 13.9. The van der Waals surface area contributed by atoms with E-state index in [0.29, 0.717) is 25.9 Å². The number of alkyl halides is 3. The molecule has 0 spiro atoms. The predicted molar refractivity (Wildman–Crippen MR) is 106 cm³/mol. The molecule has 1 fully saturated rings. The molecule has 30 heavy (non-hydrogen) atoms. The lowest BCUT2D eigenvalue weighted by Gasteiger charge is -2.35. The number of halogens is 3. The molecule has 1 N–H and O–H groups in total. The minimum atomic E-state index is -4.54. The molecule has 1 aromatic carbocycles. The van der Waals surface area contributed by atoms with E-state index in [-0.39, 0.29) is 36.5 Å². The highest BCUT2D eigenvalue weighted by atomic mass is 19.4. The highest BCUT2D eigenvalue weighted by Crippen LogP contribution is 2.35. The van der Waals surface area contributed by atoms with Crippen molar-refractivity contribution in [3.8, 4) is 5.75 Å². The van der Waals surface area contributed by atoms with Crippen molar-refractivity contribution in [3.05, 3.63) is 23.8 Å². The van der Waals surface area contributed by atoms with Gasteiger partial charge in [0.15, 0.2) is 0 Å². The van der Waals surface area contributed by atoms with Crippen molar-refractivity contribution < 1.29 is 32.2 Å². The average Bonchev–Trinajstić information content (AvgIpc) is 2.67. The van der Waals surface area contributed by atoms with Crippen molar-refractivity contribution in [2.75, 3.05) is 38.7 Å². The largest absolute Gasteiger partial charge is 0.489 e. The van der Waals surface area contributed by atoms with Gasteiger partial charge < -0.3 is 19.7 Å². The third-order valence-corrected chi connectivity index (χ3v) is 4.90. The first-order valence-electron chi connectivity index (χ1n) is 9.86. The van der Waals surface area contributed by atoms with Crippen LogP contribution in [0.2, 0.25) is 0 Å². The number of carbonyl (C=O) groups is 2. The van der Waals surface area contributed by atoms with Crippen molar-refractivity contribution in [2.24, 2.45) is 11.3 Å². The van der Waals surface area contributed by atoms with Crippen molar-refractivity contribution in [3.63, 3.8) is 0 Å². The smallest absolute Gasteiger partial charge is 0.416 e. The van der Waals surface area contributed by atoms with E-state index in [9.17, 15) is 22.8 Å². The van der Waals surface area contributed by atoms with E-state index in [2.05, 4.69) is 5.32 Å². The molecule has 0 radical (unpaired) electrons. The Morgan fingerprint density at radius 2 is 1.77 bits per heavy atom. The third-order valence-electron chi connectivity index (χ3n) is 4.90. The standard InChI is InChI=1S/C21H29F3N2O4/c1-20(2,3)19(28)26-9-7-14(8-10-26)18(27)25-16-13-15(21(22,23)24)5-6-17(16)30-12-11-29-4/h5-6,13-14H,7-12H2,1-4H3,(H,25,27). The summed E-state index contributed by atoms with van der Waals surface area (Å²) >= 11 is 0. The maximum Gasteiger partial charge on any atom is 0.416 e. The number of piperidine rings is 1. The predicted octanol–water partition coefficient (Wildman–Crippen LogP) is 3.95. The van der Waals surface area contributed by atoms with E-state index in [1.54, 1.807) is 4.90 Å². The zero-order valence-corrected chi connectivity index (χ0v) is 17.8. The van der Waals surface area contributed by atoms with Crippen molar-refractivity contribution >= 4 is 17.5 Å². The normalized spacial score (nSPS) is 15.8. The number of nitrogens with one attached hydrogen (secondary N) is 1. The molecular weight excluding hydrogens is 401 g/mol. The number of nitrogens with zero attached hydrogens (tertiary/aromatic N) is 1. The molecule has 0 aliphatic carbocycles. The molecule has 1 saturated heterocycles. The fraction of sp³-hybridized carbons (Fsp3) is 0.619. The maximum atomic E-state index is 13.1. The zero-order valence-electron chi connectivity index (χ0n) is 17.8. The zero-order chi connectivity index (χ0) is 22.5. The van der Waals surface area contributed by atoms with Gasteiger partial charge in [-0.3, -0.25) is 9.59 Å². The first-order valence-corrected chi connectivity index (χ1v) is 9.86. The van der Waals surface area contributed by atoms with Crippen LogP contribution in [0.1, 0.15) is 39.2 Å². The molecular formula is C21H29F3N2O4. The van der Waals surface area contributed by atoms with Crippen LogP contribution >= 0.6 is 0 Å². The first kappa shape index (κ1) is 24.0. The Morgan fingerprint density at radius 3 is 2.30 bits per heavy atom. The van der Waals surface area contributed by atoms with Gasteiger partial charge in [0.2, 0.25) is 11.8 Å². The van der Waals surface area contributed by atoms with E-state index in [0.717, 1.165) is 12.1 Å². The molecule has 0 atom stereocenters. The number of anilines is 1. The van der Waals surface area contributed by atoms with Gasteiger partial charge >= 0.3 is 6.18 Å². The summed E-state index contributed by atoms with van der Waals surface area (Å²) in [6.07, 6.45) is -3.64. The molecule has 168 valence electrons. The summed E-state index contributed by atoms with van der Waals surface area (Å²) in [6, 6.07) is 2.98. The van der Waals surface area contributed by atoms with E-state index >= 15 is 0 Å². The number of likely N-dealkylation sites (tertiary alicyclic amines) is 1. The molecule has 1 aliphatic rings. The monoisotopic (exact) mass is 430 g/mol. The molecule has 0 aromatic heterocycles. The third kappa shape index (κ3) is 6.35. The summed E-state index contributed by atoms with van der Waals surface area (Å²) in [4.78, 5) is 26.8. The summed E-state index contributed by atoms with van der Waals surface area (Å²) in [5.41, 5.74) is -1.40. The van der Waals surface area contributed by atoms with E-state index in [1.807, 2.05) is 20.8 Å². The molecule has 6 nitrogen and oxygen atoms in total. The molecule has 2 amide bonds. The summed E-state index contributed by atoms with van der Waals surface area (Å²) in [5.74, 6) is -0.606. The van der Waals surface area contributed by atoms with Gasteiger partial charge in [0.05, 0.1) is 17.9 Å². The second kappa shape index (κ2) is 9.68.